The Bertz CT molecular complexity index is 1100. The van der Waals surface area contributed by atoms with E-state index < -0.39 is 39.2 Å². The van der Waals surface area contributed by atoms with E-state index in [0.29, 0.717) is 10.6 Å². The SMILES string of the molecule is CS(=O)(=O)O[C@@H]1C[C@@H](c2nc(C(=O)O)cs2)N(C(=O)OCc2ccc([N+](=O)[O-])cc2)C1. The molecule has 0 aliphatic carbocycles. The minimum atomic E-state index is -3.78. The van der Waals surface area contributed by atoms with E-state index in [1.54, 1.807) is 0 Å². The zero-order valence-electron chi connectivity index (χ0n) is 16.0. The largest absolute Gasteiger partial charge is 0.476 e. The number of nitro benzene ring substituents is 1. The zero-order chi connectivity index (χ0) is 22.8. The fourth-order valence-corrected chi connectivity index (χ4v) is 4.58. The average molecular weight is 471 g/mol. The lowest BCUT2D eigenvalue weighted by Crippen LogP contribution is -2.33. The van der Waals surface area contributed by atoms with Gasteiger partial charge in [-0.15, -0.1) is 11.3 Å². The third-order valence-corrected chi connectivity index (χ3v) is 5.91. The van der Waals surface area contributed by atoms with Crippen LogP contribution in [0.2, 0.25) is 0 Å². The van der Waals surface area contributed by atoms with E-state index in [0.717, 1.165) is 17.6 Å². The monoisotopic (exact) mass is 471 g/mol. The number of carbonyl (C=O) groups is 2. The van der Waals surface area contributed by atoms with Crippen LogP contribution in [0.3, 0.4) is 0 Å². The van der Waals surface area contributed by atoms with E-state index in [9.17, 15) is 28.1 Å². The molecule has 14 heteroatoms. The van der Waals surface area contributed by atoms with Gasteiger partial charge in [0.2, 0.25) is 0 Å². The number of aromatic carboxylic acids is 1. The lowest BCUT2D eigenvalue weighted by Gasteiger charge is -2.22. The molecule has 1 saturated heterocycles. The normalized spacial score (nSPS) is 18.7. The van der Waals surface area contributed by atoms with Crippen LogP contribution in [0.15, 0.2) is 29.6 Å². The minimum Gasteiger partial charge on any atom is -0.476 e. The van der Waals surface area contributed by atoms with E-state index in [2.05, 4.69) is 4.98 Å². The molecule has 0 unspecified atom stereocenters. The van der Waals surface area contributed by atoms with Crippen molar-refractivity contribution in [3.63, 3.8) is 0 Å². The van der Waals surface area contributed by atoms with Crippen LogP contribution in [-0.2, 0) is 25.6 Å². The molecular weight excluding hydrogens is 454 g/mol. The van der Waals surface area contributed by atoms with Gasteiger partial charge in [0.15, 0.2) is 5.69 Å². The highest BCUT2D eigenvalue weighted by molar-refractivity contribution is 7.86. The molecular formula is C17H17N3O9S2. The molecule has 0 bridgehead atoms. The molecule has 2 aromatic rings. The van der Waals surface area contributed by atoms with E-state index in [1.165, 1.54) is 34.5 Å². The second kappa shape index (κ2) is 8.95. The highest BCUT2D eigenvalue weighted by atomic mass is 32.2. The van der Waals surface area contributed by atoms with Crippen molar-refractivity contribution >= 4 is 39.2 Å². The summed E-state index contributed by atoms with van der Waals surface area (Å²) in [6, 6.07) is 4.72. The molecule has 1 N–H and O–H groups in total. The maximum atomic E-state index is 12.7. The first-order chi connectivity index (χ1) is 14.5. The summed E-state index contributed by atoms with van der Waals surface area (Å²) in [6.45, 7) is -0.269. The van der Waals surface area contributed by atoms with Gasteiger partial charge in [-0.25, -0.2) is 14.6 Å². The number of carboxylic acid groups (broad SMARTS) is 1. The number of carboxylic acids is 1. The Balaban J connectivity index is 1.74. The summed E-state index contributed by atoms with van der Waals surface area (Å²) in [4.78, 5) is 39.2. The number of nitrogens with zero attached hydrogens (tertiary/aromatic N) is 3. The number of likely N-dealkylation sites (tertiary alicyclic amines) is 1. The molecule has 1 aromatic heterocycles. The molecule has 166 valence electrons. The van der Waals surface area contributed by atoms with E-state index in [4.69, 9.17) is 14.0 Å². The van der Waals surface area contributed by atoms with Crippen LogP contribution in [0.25, 0.3) is 0 Å². The number of carbonyl (C=O) groups excluding carboxylic acids is 1. The number of rotatable bonds is 7. The van der Waals surface area contributed by atoms with Gasteiger partial charge in [0.1, 0.15) is 11.6 Å². The van der Waals surface area contributed by atoms with Crippen LogP contribution in [-0.4, -0.2) is 59.3 Å². The van der Waals surface area contributed by atoms with Crippen molar-refractivity contribution in [2.24, 2.45) is 0 Å². The van der Waals surface area contributed by atoms with Gasteiger partial charge in [-0.05, 0) is 17.7 Å². The molecule has 1 amide bonds. The summed E-state index contributed by atoms with van der Waals surface area (Å²) in [5.74, 6) is -1.23. The summed E-state index contributed by atoms with van der Waals surface area (Å²) < 4.78 is 33.3. The van der Waals surface area contributed by atoms with Crippen molar-refractivity contribution in [1.82, 2.24) is 9.88 Å². The molecule has 2 heterocycles. The highest BCUT2D eigenvalue weighted by Gasteiger charge is 2.41. The van der Waals surface area contributed by atoms with Crippen LogP contribution in [0, 0.1) is 10.1 Å². The quantitative estimate of drug-likeness (QED) is 0.359. The maximum Gasteiger partial charge on any atom is 0.410 e. The summed E-state index contributed by atoms with van der Waals surface area (Å²) >= 11 is 1.02. The molecule has 1 aliphatic rings. The molecule has 3 rings (SSSR count). The Labute approximate surface area is 180 Å². The lowest BCUT2D eigenvalue weighted by molar-refractivity contribution is -0.384. The Morgan fingerprint density at radius 2 is 2.03 bits per heavy atom. The third kappa shape index (κ3) is 5.74. The van der Waals surface area contributed by atoms with E-state index in [1.807, 2.05) is 0 Å². The number of hydrogen-bond donors (Lipinski definition) is 1. The fraction of sp³-hybridized carbons (Fsp3) is 0.353. The first kappa shape index (κ1) is 22.6. The fourth-order valence-electron chi connectivity index (χ4n) is 3.03. The van der Waals surface area contributed by atoms with Crippen molar-refractivity contribution in [2.45, 2.75) is 25.2 Å². The number of nitro groups is 1. The van der Waals surface area contributed by atoms with Gasteiger partial charge >= 0.3 is 12.1 Å². The van der Waals surface area contributed by atoms with Crippen LogP contribution in [0.4, 0.5) is 10.5 Å². The third-order valence-electron chi connectivity index (χ3n) is 4.34. The second-order valence-electron chi connectivity index (χ2n) is 6.68. The summed E-state index contributed by atoms with van der Waals surface area (Å²) in [6.07, 6.45) is -0.644. The first-order valence-corrected chi connectivity index (χ1v) is 11.5. The predicted octanol–water partition coefficient (Wildman–Crippen LogP) is 2.18. The maximum absolute atomic E-state index is 12.7. The molecule has 2 atom stereocenters. The zero-order valence-corrected chi connectivity index (χ0v) is 17.7. The minimum absolute atomic E-state index is 0.0896. The summed E-state index contributed by atoms with van der Waals surface area (Å²) in [5, 5.41) is 21.4. The van der Waals surface area contributed by atoms with Gasteiger partial charge < -0.3 is 9.84 Å². The molecule has 0 spiro atoms. The van der Waals surface area contributed by atoms with Crippen molar-refractivity contribution in [3.05, 3.63) is 56.0 Å². The van der Waals surface area contributed by atoms with Crippen LogP contribution >= 0.6 is 11.3 Å². The van der Waals surface area contributed by atoms with Crippen molar-refractivity contribution in [1.29, 1.82) is 0 Å². The van der Waals surface area contributed by atoms with Crippen LogP contribution < -0.4 is 0 Å². The van der Waals surface area contributed by atoms with E-state index in [-0.39, 0.29) is 31.0 Å². The van der Waals surface area contributed by atoms with Crippen LogP contribution in [0.5, 0.6) is 0 Å². The Morgan fingerprint density at radius 3 is 2.58 bits per heavy atom. The summed E-state index contributed by atoms with van der Waals surface area (Å²) in [7, 11) is -3.78. The van der Waals surface area contributed by atoms with Crippen LogP contribution in [0.1, 0.15) is 33.5 Å². The number of amides is 1. The number of aromatic nitrogens is 1. The van der Waals surface area contributed by atoms with E-state index >= 15 is 0 Å². The second-order valence-corrected chi connectivity index (χ2v) is 9.17. The molecule has 0 saturated carbocycles. The van der Waals surface area contributed by atoms with Crippen molar-refractivity contribution in [2.75, 3.05) is 12.8 Å². The number of thiazole rings is 1. The van der Waals surface area contributed by atoms with Gasteiger partial charge in [0, 0.05) is 23.9 Å². The predicted molar refractivity (Wildman–Crippen MR) is 106 cm³/mol. The summed E-state index contributed by atoms with van der Waals surface area (Å²) in [5.41, 5.74) is 0.223. The number of benzene rings is 1. The van der Waals surface area contributed by atoms with Gasteiger partial charge in [0.25, 0.3) is 15.8 Å². The van der Waals surface area contributed by atoms with Crippen molar-refractivity contribution < 1.29 is 37.0 Å². The van der Waals surface area contributed by atoms with Crippen molar-refractivity contribution in [3.8, 4) is 0 Å². The Morgan fingerprint density at radius 1 is 1.35 bits per heavy atom. The smallest absolute Gasteiger partial charge is 0.410 e. The van der Waals surface area contributed by atoms with Gasteiger partial charge in [-0.3, -0.25) is 19.2 Å². The van der Waals surface area contributed by atoms with Gasteiger partial charge in [0.05, 0.1) is 29.9 Å². The molecule has 31 heavy (non-hydrogen) atoms. The molecule has 0 radical (unpaired) electrons. The molecule has 1 fully saturated rings. The number of ether oxygens (including phenoxy) is 1. The molecule has 1 aromatic carbocycles. The Hall–Kier alpha value is -3.10. The molecule has 1 aliphatic heterocycles. The molecule has 12 nitrogen and oxygen atoms in total. The number of hydrogen-bond acceptors (Lipinski definition) is 10. The standard InChI is InChI=1S/C17H17N3O9S2/c1-31(26,27)29-12-6-14(15-18-13(9-30-15)16(21)22)19(7-12)17(23)28-8-10-2-4-11(5-3-10)20(24)25/h2-5,9,12,14H,6-8H2,1H3,(H,21,22)/t12-,14+/m1/s1. The number of non-ortho nitro benzene ring substituents is 1. The highest BCUT2D eigenvalue weighted by Crippen LogP contribution is 2.36. The Kier molecular flexibility index (Phi) is 6.52. The lowest BCUT2D eigenvalue weighted by atomic mass is 10.2. The topological polar surface area (TPSA) is 166 Å². The average Bonchev–Trinajstić information content (AvgIpc) is 3.32. The van der Waals surface area contributed by atoms with Gasteiger partial charge in [-0.1, -0.05) is 0 Å². The first-order valence-electron chi connectivity index (χ1n) is 8.77. The van der Waals surface area contributed by atoms with Gasteiger partial charge in [-0.2, -0.15) is 8.42 Å².